The summed E-state index contributed by atoms with van der Waals surface area (Å²) in [4.78, 5) is 0. The molecule has 0 atom stereocenters. The molecule has 2 N–H and O–H groups in total. The van der Waals surface area contributed by atoms with Gasteiger partial charge in [-0.25, -0.2) is 5.10 Å². The zero-order chi connectivity index (χ0) is 18.7. The number of aromatic hydroxyl groups is 1. The van der Waals surface area contributed by atoms with E-state index in [9.17, 15) is 5.11 Å². The highest BCUT2D eigenvalue weighted by Gasteiger charge is 2.10. The highest BCUT2D eigenvalue weighted by atomic mass is 79.9. The van der Waals surface area contributed by atoms with Gasteiger partial charge in [0.2, 0.25) is 4.77 Å². The number of halogens is 1. The molecule has 0 aliphatic heterocycles. The fraction of sp³-hybridized carbons (Fsp3) is 0.118. The van der Waals surface area contributed by atoms with Crippen LogP contribution in [0, 0.1) is 4.77 Å². The number of H-pyrrole nitrogens is 1. The maximum Gasteiger partial charge on any atom is 0.216 e. The van der Waals surface area contributed by atoms with Crippen molar-refractivity contribution in [1.29, 1.82) is 0 Å². The Bertz CT molecular complexity index is 1030. The molecule has 0 bridgehead atoms. The first-order valence-corrected chi connectivity index (χ1v) is 8.66. The lowest BCUT2D eigenvalue weighted by molar-refractivity contribution is 0.372. The lowest BCUT2D eigenvalue weighted by Gasteiger charge is -2.06. The quantitative estimate of drug-likeness (QED) is 0.468. The van der Waals surface area contributed by atoms with Crippen LogP contribution < -0.4 is 9.47 Å². The number of ether oxygens (including phenoxy) is 2. The predicted octanol–water partition coefficient (Wildman–Crippen LogP) is 3.98. The Hall–Kier alpha value is -2.65. The minimum atomic E-state index is 0.0293. The van der Waals surface area contributed by atoms with Gasteiger partial charge in [-0.2, -0.15) is 14.9 Å². The van der Waals surface area contributed by atoms with Crippen molar-refractivity contribution < 1.29 is 14.6 Å². The van der Waals surface area contributed by atoms with Gasteiger partial charge in [-0.3, -0.25) is 0 Å². The van der Waals surface area contributed by atoms with Gasteiger partial charge in [-0.05, 0) is 58.0 Å². The van der Waals surface area contributed by atoms with Crippen molar-refractivity contribution >= 4 is 34.4 Å². The lowest BCUT2D eigenvalue weighted by atomic mass is 10.2. The molecule has 134 valence electrons. The van der Waals surface area contributed by atoms with Crippen LogP contribution in [-0.2, 0) is 0 Å². The number of benzene rings is 2. The van der Waals surface area contributed by atoms with Crippen LogP contribution >= 0.6 is 28.1 Å². The molecule has 0 spiro atoms. The molecule has 0 radical (unpaired) electrons. The number of nitrogens with one attached hydrogen (secondary N) is 1. The SMILES string of the molecule is COc1cccc(-c2n[nH]c(=S)n2/N=C/c2cc(Br)c(O)c(OC)c2)c1. The van der Waals surface area contributed by atoms with Gasteiger partial charge < -0.3 is 14.6 Å². The third-order valence-corrected chi connectivity index (χ3v) is 4.44. The molecule has 3 aromatic rings. The number of methoxy groups -OCH3 is 2. The number of aromatic nitrogens is 3. The van der Waals surface area contributed by atoms with Gasteiger partial charge in [-0.1, -0.05) is 12.1 Å². The van der Waals surface area contributed by atoms with E-state index in [1.165, 1.54) is 11.8 Å². The molecular weight excluding hydrogens is 420 g/mol. The number of aromatic amines is 1. The van der Waals surface area contributed by atoms with Crippen LogP contribution in [0.1, 0.15) is 5.56 Å². The molecule has 0 unspecified atom stereocenters. The average molecular weight is 435 g/mol. The molecule has 0 saturated carbocycles. The van der Waals surface area contributed by atoms with Crippen molar-refractivity contribution in [3.63, 3.8) is 0 Å². The monoisotopic (exact) mass is 434 g/mol. The van der Waals surface area contributed by atoms with Gasteiger partial charge in [-0.15, -0.1) is 0 Å². The summed E-state index contributed by atoms with van der Waals surface area (Å²) in [6.07, 6.45) is 1.60. The highest BCUT2D eigenvalue weighted by molar-refractivity contribution is 9.10. The summed E-state index contributed by atoms with van der Waals surface area (Å²) in [6.45, 7) is 0. The third-order valence-electron chi connectivity index (χ3n) is 3.57. The van der Waals surface area contributed by atoms with Crippen LogP contribution in [-0.4, -0.2) is 40.4 Å². The molecule has 1 aromatic heterocycles. The summed E-state index contributed by atoms with van der Waals surface area (Å²) in [7, 11) is 3.08. The van der Waals surface area contributed by atoms with Crippen LogP contribution in [0.3, 0.4) is 0 Å². The van der Waals surface area contributed by atoms with E-state index in [2.05, 4.69) is 31.2 Å². The van der Waals surface area contributed by atoms with Crippen molar-refractivity contribution in [2.45, 2.75) is 0 Å². The molecule has 0 amide bonds. The van der Waals surface area contributed by atoms with Crippen LogP contribution in [0.25, 0.3) is 11.4 Å². The van der Waals surface area contributed by atoms with E-state index in [1.54, 1.807) is 25.5 Å². The predicted molar refractivity (Wildman–Crippen MR) is 105 cm³/mol. The number of phenolic OH excluding ortho intramolecular Hbond substituents is 1. The van der Waals surface area contributed by atoms with Gasteiger partial charge in [0.05, 0.1) is 24.9 Å². The zero-order valence-corrected chi connectivity index (χ0v) is 16.3. The maximum atomic E-state index is 9.90. The van der Waals surface area contributed by atoms with Gasteiger partial charge in [0.1, 0.15) is 5.75 Å². The number of phenols is 1. The normalized spacial score (nSPS) is 11.0. The second-order valence-electron chi connectivity index (χ2n) is 5.19. The Morgan fingerprint density at radius 2 is 2.08 bits per heavy atom. The molecule has 2 aromatic carbocycles. The van der Waals surface area contributed by atoms with E-state index in [4.69, 9.17) is 21.7 Å². The fourth-order valence-corrected chi connectivity index (χ4v) is 2.94. The van der Waals surface area contributed by atoms with Crippen LogP contribution in [0.15, 0.2) is 46.0 Å². The summed E-state index contributed by atoms with van der Waals surface area (Å²) in [5.41, 5.74) is 1.52. The molecule has 0 fully saturated rings. The Balaban J connectivity index is 2.01. The first-order chi connectivity index (χ1) is 12.5. The minimum absolute atomic E-state index is 0.0293. The van der Waals surface area contributed by atoms with E-state index in [1.807, 2.05) is 24.3 Å². The van der Waals surface area contributed by atoms with Crippen molar-refractivity contribution in [3.8, 4) is 28.6 Å². The first kappa shape index (κ1) is 18.2. The molecule has 0 aliphatic carbocycles. The number of rotatable bonds is 5. The fourth-order valence-electron chi connectivity index (χ4n) is 2.30. The van der Waals surface area contributed by atoms with E-state index in [-0.39, 0.29) is 5.75 Å². The van der Waals surface area contributed by atoms with Gasteiger partial charge in [0.25, 0.3) is 0 Å². The Morgan fingerprint density at radius 3 is 2.81 bits per heavy atom. The number of nitrogens with zero attached hydrogens (tertiary/aromatic N) is 3. The minimum Gasteiger partial charge on any atom is -0.503 e. The molecule has 7 nitrogen and oxygen atoms in total. The number of hydrogen-bond donors (Lipinski definition) is 2. The smallest absolute Gasteiger partial charge is 0.216 e. The summed E-state index contributed by atoms with van der Waals surface area (Å²) < 4.78 is 12.8. The largest absolute Gasteiger partial charge is 0.503 e. The third kappa shape index (κ3) is 3.63. The van der Waals surface area contributed by atoms with Crippen molar-refractivity contribution in [2.75, 3.05) is 14.2 Å². The van der Waals surface area contributed by atoms with Gasteiger partial charge in [0, 0.05) is 5.56 Å². The zero-order valence-electron chi connectivity index (χ0n) is 13.9. The van der Waals surface area contributed by atoms with Crippen molar-refractivity contribution in [2.24, 2.45) is 5.10 Å². The Morgan fingerprint density at radius 1 is 1.27 bits per heavy atom. The summed E-state index contributed by atoms with van der Waals surface area (Å²) in [6, 6.07) is 10.8. The highest BCUT2D eigenvalue weighted by Crippen LogP contribution is 2.34. The number of hydrogen-bond acceptors (Lipinski definition) is 6. The first-order valence-electron chi connectivity index (χ1n) is 7.46. The molecule has 1 heterocycles. The van der Waals surface area contributed by atoms with E-state index in [0.29, 0.717) is 32.1 Å². The Labute approximate surface area is 163 Å². The molecule has 0 saturated heterocycles. The van der Waals surface area contributed by atoms with E-state index >= 15 is 0 Å². The topological polar surface area (TPSA) is 84.7 Å². The van der Waals surface area contributed by atoms with Crippen LogP contribution in [0.2, 0.25) is 0 Å². The van der Waals surface area contributed by atoms with Crippen molar-refractivity contribution in [1.82, 2.24) is 14.9 Å². The molecule has 0 aliphatic rings. The molecule has 9 heteroatoms. The van der Waals surface area contributed by atoms with Gasteiger partial charge >= 0.3 is 0 Å². The summed E-state index contributed by atoms with van der Waals surface area (Å²) in [5, 5.41) is 21.3. The van der Waals surface area contributed by atoms with E-state index < -0.39 is 0 Å². The Kier molecular flexibility index (Phi) is 5.38. The second-order valence-corrected chi connectivity index (χ2v) is 6.44. The second kappa shape index (κ2) is 7.71. The summed E-state index contributed by atoms with van der Waals surface area (Å²) >= 11 is 8.56. The maximum absolute atomic E-state index is 9.90. The molecule has 26 heavy (non-hydrogen) atoms. The van der Waals surface area contributed by atoms with Crippen LogP contribution in [0.5, 0.6) is 17.2 Å². The standard InChI is InChI=1S/C17H15BrN4O3S/c1-24-12-5-3-4-11(8-12)16-20-21-17(26)22(16)19-9-10-6-13(18)15(23)14(7-10)25-2/h3-9,23H,1-2H3,(H,21,26)/b19-9+. The average Bonchev–Trinajstić information content (AvgIpc) is 3.03. The van der Waals surface area contributed by atoms with E-state index in [0.717, 1.165) is 5.56 Å². The molecule has 3 rings (SSSR count). The van der Waals surface area contributed by atoms with Crippen LogP contribution in [0.4, 0.5) is 0 Å². The van der Waals surface area contributed by atoms with Gasteiger partial charge in [0.15, 0.2) is 17.3 Å². The lowest BCUT2D eigenvalue weighted by Crippen LogP contribution is -1.96. The van der Waals surface area contributed by atoms with Crippen molar-refractivity contribution in [3.05, 3.63) is 51.2 Å². The molecular formula is C17H15BrN4O3S. The summed E-state index contributed by atoms with van der Waals surface area (Å²) in [5.74, 6) is 1.63.